The maximum absolute atomic E-state index is 12.8. The van der Waals surface area contributed by atoms with Crippen molar-refractivity contribution in [2.45, 2.75) is 31.7 Å². The predicted molar refractivity (Wildman–Crippen MR) is 116 cm³/mol. The molecule has 10 heteroatoms. The van der Waals surface area contributed by atoms with Crippen molar-refractivity contribution in [2.24, 2.45) is 0 Å². The molecule has 0 aliphatic rings. The van der Waals surface area contributed by atoms with Gasteiger partial charge in [0.15, 0.2) is 0 Å². The molecule has 170 valence electrons. The number of methoxy groups -OCH3 is 1. The number of nitrogens with one attached hydrogen (secondary N) is 2. The zero-order chi connectivity index (χ0) is 23.3. The minimum absolute atomic E-state index is 0.123. The molecule has 0 bridgehead atoms. The quantitative estimate of drug-likeness (QED) is 0.446. The first-order valence-electron chi connectivity index (χ1n) is 9.69. The van der Waals surface area contributed by atoms with Crippen molar-refractivity contribution in [3.05, 3.63) is 52.3 Å². The number of aryl methyl sites for hydroxylation is 1. The molecule has 0 saturated carbocycles. The molecule has 0 fully saturated rings. The summed E-state index contributed by atoms with van der Waals surface area (Å²) < 4.78 is 35.6. The molecule has 31 heavy (non-hydrogen) atoms. The summed E-state index contributed by atoms with van der Waals surface area (Å²) in [7, 11) is 0.926. The lowest BCUT2D eigenvalue weighted by molar-refractivity contribution is 0.0386. The molecule has 2 rings (SSSR count). The standard InChI is InChI=1S/C21H29N3O6S/c1-13-18(21(26)30-12-11-29-6)15(3)22-19(13)20(25)23-14(2)16-7-9-17(10-8-16)31(27,28)24(4)5/h7-10,14,22H,11-12H2,1-6H3,(H,23,25)/t14-/m1/s1. The van der Waals surface area contributed by atoms with Gasteiger partial charge in [0.2, 0.25) is 10.0 Å². The first kappa shape index (κ1) is 24.6. The van der Waals surface area contributed by atoms with Crippen molar-refractivity contribution >= 4 is 21.9 Å². The molecule has 1 aromatic heterocycles. The van der Waals surface area contributed by atoms with Crippen LogP contribution in [-0.4, -0.2) is 64.0 Å². The third kappa shape index (κ3) is 5.52. The Morgan fingerprint density at radius 2 is 1.74 bits per heavy atom. The van der Waals surface area contributed by atoms with E-state index >= 15 is 0 Å². The van der Waals surface area contributed by atoms with Crippen molar-refractivity contribution in [1.29, 1.82) is 0 Å². The predicted octanol–water partition coefficient (Wildman–Crippen LogP) is 2.18. The number of amides is 1. The van der Waals surface area contributed by atoms with Crippen LogP contribution in [0.5, 0.6) is 0 Å². The zero-order valence-electron chi connectivity index (χ0n) is 18.6. The normalized spacial score (nSPS) is 12.6. The van der Waals surface area contributed by atoms with Gasteiger partial charge in [0.25, 0.3) is 5.91 Å². The van der Waals surface area contributed by atoms with E-state index in [-0.39, 0.29) is 35.8 Å². The fraction of sp³-hybridized carbons (Fsp3) is 0.429. The Kier molecular flexibility index (Phi) is 7.99. The van der Waals surface area contributed by atoms with E-state index in [0.29, 0.717) is 16.8 Å². The highest BCUT2D eigenvalue weighted by molar-refractivity contribution is 7.89. The number of aromatic amines is 1. The Morgan fingerprint density at radius 3 is 2.29 bits per heavy atom. The minimum atomic E-state index is -3.52. The van der Waals surface area contributed by atoms with Gasteiger partial charge in [-0.05, 0) is 44.0 Å². The van der Waals surface area contributed by atoms with E-state index in [9.17, 15) is 18.0 Å². The molecular formula is C21H29N3O6S. The first-order chi connectivity index (χ1) is 14.5. The fourth-order valence-electron chi connectivity index (χ4n) is 3.06. The highest BCUT2D eigenvalue weighted by Gasteiger charge is 2.24. The zero-order valence-corrected chi connectivity index (χ0v) is 19.4. The number of carbonyl (C=O) groups excluding carboxylic acids is 2. The van der Waals surface area contributed by atoms with Crippen molar-refractivity contribution in [2.75, 3.05) is 34.4 Å². The Hall–Kier alpha value is -2.69. The van der Waals surface area contributed by atoms with Crippen LogP contribution < -0.4 is 5.32 Å². The number of esters is 1. The monoisotopic (exact) mass is 451 g/mol. The van der Waals surface area contributed by atoms with Gasteiger partial charge in [-0.15, -0.1) is 0 Å². The van der Waals surface area contributed by atoms with Crippen molar-refractivity contribution in [1.82, 2.24) is 14.6 Å². The highest BCUT2D eigenvalue weighted by atomic mass is 32.2. The van der Waals surface area contributed by atoms with Gasteiger partial charge in [-0.25, -0.2) is 17.5 Å². The number of sulfonamides is 1. The molecule has 0 aliphatic heterocycles. The smallest absolute Gasteiger partial charge is 0.340 e. The lowest BCUT2D eigenvalue weighted by atomic mass is 10.1. The van der Waals surface area contributed by atoms with Gasteiger partial charge in [0, 0.05) is 26.9 Å². The molecule has 1 aromatic carbocycles. The van der Waals surface area contributed by atoms with Crippen LogP contribution in [0.3, 0.4) is 0 Å². The van der Waals surface area contributed by atoms with E-state index in [1.54, 1.807) is 32.9 Å². The highest BCUT2D eigenvalue weighted by Crippen LogP contribution is 2.22. The molecule has 0 spiro atoms. The van der Waals surface area contributed by atoms with E-state index in [4.69, 9.17) is 9.47 Å². The summed E-state index contributed by atoms with van der Waals surface area (Å²) in [5, 5.41) is 2.86. The Bertz CT molecular complexity index is 1040. The second-order valence-corrected chi connectivity index (χ2v) is 9.46. The molecule has 1 atom stereocenters. The number of aromatic nitrogens is 1. The average molecular weight is 452 g/mol. The molecule has 2 N–H and O–H groups in total. The fourth-order valence-corrected chi connectivity index (χ4v) is 3.97. The topological polar surface area (TPSA) is 118 Å². The lowest BCUT2D eigenvalue weighted by Crippen LogP contribution is -2.27. The Labute approximate surface area is 182 Å². The van der Waals surface area contributed by atoms with Gasteiger partial charge in [0.05, 0.1) is 23.1 Å². The molecule has 0 radical (unpaired) electrons. The summed E-state index contributed by atoms with van der Waals surface area (Å²) in [6, 6.07) is 5.94. The number of H-pyrrole nitrogens is 1. The van der Waals surface area contributed by atoms with Gasteiger partial charge in [-0.2, -0.15) is 0 Å². The summed E-state index contributed by atoms with van der Waals surface area (Å²) in [6.07, 6.45) is 0. The molecule has 1 heterocycles. The number of benzene rings is 1. The van der Waals surface area contributed by atoms with Crippen molar-refractivity contribution in [3.8, 4) is 0 Å². The molecule has 0 aliphatic carbocycles. The van der Waals surface area contributed by atoms with Crippen LogP contribution in [0.1, 0.15) is 50.6 Å². The molecule has 1 amide bonds. The summed E-state index contributed by atoms with van der Waals surface area (Å²) in [5.41, 5.74) is 2.38. The third-order valence-corrected chi connectivity index (χ3v) is 6.72. The number of carbonyl (C=O) groups is 2. The molecule has 0 saturated heterocycles. The van der Waals surface area contributed by atoms with E-state index in [1.165, 1.54) is 33.3 Å². The average Bonchev–Trinajstić information content (AvgIpc) is 3.02. The lowest BCUT2D eigenvalue weighted by Gasteiger charge is -2.16. The number of hydrogen-bond donors (Lipinski definition) is 2. The number of ether oxygens (including phenoxy) is 2. The van der Waals surface area contributed by atoms with Gasteiger partial charge in [0.1, 0.15) is 12.3 Å². The van der Waals surface area contributed by atoms with Crippen LogP contribution in [0, 0.1) is 13.8 Å². The molecule has 2 aromatic rings. The summed E-state index contributed by atoms with van der Waals surface area (Å²) in [6.45, 7) is 5.57. The maximum atomic E-state index is 12.8. The largest absolute Gasteiger partial charge is 0.460 e. The van der Waals surface area contributed by atoms with Crippen molar-refractivity contribution in [3.63, 3.8) is 0 Å². The second kappa shape index (κ2) is 10.1. The number of rotatable bonds is 9. The SMILES string of the molecule is COCCOC(=O)c1c(C)[nH]c(C(=O)N[C@H](C)c2ccc(S(=O)(=O)N(C)C)cc2)c1C. The summed E-state index contributed by atoms with van der Waals surface area (Å²) in [4.78, 5) is 28.2. The van der Waals surface area contributed by atoms with Gasteiger partial charge in [-0.3, -0.25) is 4.79 Å². The van der Waals surface area contributed by atoms with E-state index < -0.39 is 16.0 Å². The number of hydrogen-bond acceptors (Lipinski definition) is 6. The van der Waals surface area contributed by atoms with Crippen LogP contribution in [0.4, 0.5) is 0 Å². The van der Waals surface area contributed by atoms with Gasteiger partial charge >= 0.3 is 5.97 Å². The summed E-state index contributed by atoms with van der Waals surface area (Å²) >= 11 is 0. The van der Waals surface area contributed by atoms with Crippen LogP contribution >= 0.6 is 0 Å². The van der Waals surface area contributed by atoms with Gasteiger partial charge < -0.3 is 19.8 Å². The Morgan fingerprint density at radius 1 is 1.13 bits per heavy atom. The van der Waals surface area contributed by atoms with E-state index in [2.05, 4.69) is 10.3 Å². The maximum Gasteiger partial charge on any atom is 0.340 e. The molecule has 0 unspecified atom stereocenters. The van der Waals surface area contributed by atoms with Crippen LogP contribution in [0.25, 0.3) is 0 Å². The van der Waals surface area contributed by atoms with Crippen LogP contribution in [-0.2, 0) is 19.5 Å². The Balaban J connectivity index is 2.15. The summed E-state index contributed by atoms with van der Waals surface area (Å²) in [5.74, 6) is -0.901. The molecular weight excluding hydrogens is 422 g/mol. The third-order valence-electron chi connectivity index (χ3n) is 4.90. The van der Waals surface area contributed by atoms with Crippen molar-refractivity contribution < 1.29 is 27.5 Å². The van der Waals surface area contributed by atoms with E-state index in [1.807, 2.05) is 0 Å². The van der Waals surface area contributed by atoms with Gasteiger partial charge in [-0.1, -0.05) is 12.1 Å². The van der Waals surface area contributed by atoms with E-state index in [0.717, 1.165) is 9.87 Å². The van der Waals surface area contributed by atoms with Crippen LogP contribution in [0.2, 0.25) is 0 Å². The second-order valence-electron chi connectivity index (χ2n) is 7.31. The minimum Gasteiger partial charge on any atom is -0.460 e. The molecule has 9 nitrogen and oxygen atoms in total. The van der Waals surface area contributed by atoms with Crippen LogP contribution in [0.15, 0.2) is 29.2 Å². The first-order valence-corrected chi connectivity index (χ1v) is 11.1. The number of nitrogens with zero attached hydrogens (tertiary/aromatic N) is 1.